The minimum atomic E-state index is -0.710. The maximum absolute atomic E-state index is 11.1. The predicted octanol–water partition coefficient (Wildman–Crippen LogP) is 2.65. The summed E-state index contributed by atoms with van der Waals surface area (Å²) in [5.74, 6) is 0.386. The van der Waals surface area contributed by atoms with Gasteiger partial charge in [-0.1, -0.05) is 26.7 Å². The van der Waals surface area contributed by atoms with E-state index in [-0.39, 0.29) is 6.04 Å². The van der Waals surface area contributed by atoms with Gasteiger partial charge in [0, 0.05) is 6.04 Å². The van der Waals surface area contributed by atoms with Gasteiger partial charge in [0.25, 0.3) is 0 Å². The highest BCUT2D eigenvalue weighted by atomic mass is 16.4. The highest BCUT2D eigenvalue weighted by Gasteiger charge is 2.26. The molecule has 0 radical (unpaired) electrons. The molecule has 16 heavy (non-hydrogen) atoms. The van der Waals surface area contributed by atoms with Gasteiger partial charge in [-0.25, -0.2) is 0 Å². The lowest BCUT2D eigenvalue weighted by molar-refractivity contribution is -0.140. The summed E-state index contributed by atoms with van der Waals surface area (Å²) in [5.41, 5.74) is 0. The standard InChI is InChI=1S/C13H25NO2/c1-9(2)8-12(13(15)16)14-10(3)11-6-4-5-7-11/h9-12,14H,4-8H2,1-3H3,(H,15,16). The molecule has 3 heteroatoms. The minimum absolute atomic E-state index is 0.336. The molecular weight excluding hydrogens is 202 g/mol. The Morgan fingerprint density at radius 2 is 1.88 bits per heavy atom. The summed E-state index contributed by atoms with van der Waals surface area (Å²) < 4.78 is 0. The van der Waals surface area contributed by atoms with Gasteiger partial charge in [0.05, 0.1) is 0 Å². The molecule has 0 heterocycles. The van der Waals surface area contributed by atoms with Gasteiger partial charge < -0.3 is 10.4 Å². The zero-order chi connectivity index (χ0) is 12.1. The van der Waals surface area contributed by atoms with Gasteiger partial charge in [0.15, 0.2) is 0 Å². The van der Waals surface area contributed by atoms with Crippen LogP contribution in [0.2, 0.25) is 0 Å². The van der Waals surface area contributed by atoms with Crippen LogP contribution in [0.5, 0.6) is 0 Å². The van der Waals surface area contributed by atoms with E-state index in [1.807, 2.05) is 0 Å². The Morgan fingerprint density at radius 1 is 1.31 bits per heavy atom. The molecule has 1 aliphatic carbocycles. The summed E-state index contributed by atoms with van der Waals surface area (Å²) in [4.78, 5) is 11.1. The number of rotatable bonds is 6. The van der Waals surface area contributed by atoms with Gasteiger partial charge in [0.1, 0.15) is 6.04 Å². The first kappa shape index (κ1) is 13.5. The topological polar surface area (TPSA) is 49.3 Å². The number of carboxylic acids is 1. The first-order valence-corrected chi connectivity index (χ1v) is 6.49. The fourth-order valence-electron chi connectivity index (χ4n) is 2.62. The first-order chi connectivity index (χ1) is 7.50. The molecule has 3 nitrogen and oxygen atoms in total. The van der Waals surface area contributed by atoms with Crippen LogP contribution >= 0.6 is 0 Å². The molecule has 1 saturated carbocycles. The van der Waals surface area contributed by atoms with Gasteiger partial charge in [-0.3, -0.25) is 4.79 Å². The molecule has 1 rings (SSSR count). The first-order valence-electron chi connectivity index (χ1n) is 6.49. The summed E-state index contributed by atoms with van der Waals surface area (Å²) in [6.07, 6.45) is 5.83. The van der Waals surface area contributed by atoms with E-state index >= 15 is 0 Å². The maximum atomic E-state index is 11.1. The monoisotopic (exact) mass is 227 g/mol. The summed E-state index contributed by atoms with van der Waals surface area (Å²) in [6.45, 7) is 6.27. The fourth-order valence-corrected chi connectivity index (χ4v) is 2.62. The Morgan fingerprint density at radius 3 is 2.31 bits per heavy atom. The van der Waals surface area contributed by atoms with Crippen molar-refractivity contribution in [2.75, 3.05) is 0 Å². The molecule has 0 aliphatic heterocycles. The summed E-state index contributed by atoms with van der Waals surface area (Å²) in [6, 6.07) is -0.0436. The zero-order valence-electron chi connectivity index (χ0n) is 10.7. The maximum Gasteiger partial charge on any atom is 0.320 e. The lowest BCUT2D eigenvalue weighted by Gasteiger charge is -2.25. The largest absolute Gasteiger partial charge is 0.480 e. The third-order valence-electron chi connectivity index (χ3n) is 3.58. The Labute approximate surface area is 98.6 Å². The number of carbonyl (C=O) groups is 1. The third kappa shape index (κ3) is 4.12. The van der Waals surface area contributed by atoms with Gasteiger partial charge in [0.2, 0.25) is 0 Å². The molecule has 2 unspecified atom stereocenters. The summed E-state index contributed by atoms with van der Waals surface area (Å²) in [7, 11) is 0. The van der Waals surface area contributed by atoms with Gasteiger partial charge >= 0.3 is 5.97 Å². The lowest BCUT2D eigenvalue weighted by atomic mass is 9.97. The predicted molar refractivity (Wildman–Crippen MR) is 65.4 cm³/mol. The molecule has 0 spiro atoms. The van der Waals surface area contributed by atoms with E-state index in [0.29, 0.717) is 24.3 Å². The minimum Gasteiger partial charge on any atom is -0.480 e. The van der Waals surface area contributed by atoms with Gasteiger partial charge in [-0.05, 0) is 38.0 Å². The highest BCUT2D eigenvalue weighted by molar-refractivity contribution is 5.73. The number of hydrogen-bond donors (Lipinski definition) is 2. The average molecular weight is 227 g/mol. The van der Waals surface area contributed by atoms with Crippen LogP contribution in [-0.4, -0.2) is 23.2 Å². The molecule has 0 aromatic heterocycles. The Bertz CT molecular complexity index is 222. The number of aliphatic carboxylic acids is 1. The van der Waals surface area contributed by atoms with E-state index in [0.717, 1.165) is 0 Å². The second-order valence-electron chi connectivity index (χ2n) is 5.52. The van der Waals surface area contributed by atoms with Crippen molar-refractivity contribution in [3.63, 3.8) is 0 Å². The van der Waals surface area contributed by atoms with Crippen molar-refractivity contribution in [2.24, 2.45) is 11.8 Å². The van der Waals surface area contributed by atoms with Crippen molar-refractivity contribution >= 4 is 5.97 Å². The smallest absolute Gasteiger partial charge is 0.320 e. The molecule has 0 aromatic carbocycles. The summed E-state index contributed by atoms with van der Waals surface area (Å²) >= 11 is 0. The van der Waals surface area contributed by atoms with Crippen LogP contribution in [0.25, 0.3) is 0 Å². The Hall–Kier alpha value is -0.570. The van der Waals surface area contributed by atoms with Crippen molar-refractivity contribution in [1.82, 2.24) is 5.32 Å². The molecule has 94 valence electrons. The summed E-state index contributed by atoms with van der Waals surface area (Å²) in [5, 5.41) is 12.4. The van der Waals surface area contributed by atoms with Crippen LogP contribution in [0, 0.1) is 11.8 Å². The molecule has 2 atom stereocenters. The average Bonchev–Trinajstić information content (AvgIpc) is 2.68. The van der Waals surface area contributed by atoms with E-state index in [4.69, 9.17) is 5.11 Å². The molecule has 0 saturated heterocycles. The second kappa shape index (κ2) is 6.24. The van der Waals surface area contributed by atoms with Crippen molar-refractivity contribution in [3.05, 3.63) is 0 Å². The van der Waals surface area contributed by atoms with Crippen molar-refractivity contribution in [2.45, 2.75) is 65.0 Å². The third-order valence-corrected chi connectivity index (χ3v) is 3.58. The van der Waals surface area contributed by atoms with Crippen LogP contribution in [0.1, 0.15) is 52.9 Å². The number of nitrogens with one attached hydrogen (secondary N) is 1. The Kier molecular flexibility index (Phi) is 5.26. The molecule has 0 amide bonds. The van der Waals surface area contributed by atoms with E-state index in [1.165, 1.54) is 25.7 Å². The van der Waals surface area contributed by atoms with Crippen molar-refractivity contribution in [3.8, 4) is 0 Å². The molecule has 1 fully saturated rings. The molecular formula is C13H25NO2. The molecule has 0 bridgehead atoms. The van der Waals surface area contributed by atoms with Gasteiger partial charge in [-0.2, -0.15) is 0 Å². The van der Waals surface area contributed by atoms with E-state index < -0.39 is 5.97 Å². The number of hydrogen-bond acceptors (Lipinski definition) is 2. The molecule has 1 aliphatic rings. The van der Waals surface area contributed by atoms with Crippen LogP contribution in [-0.2, 0) is 4.79 Å². The lowest BCUT2D eigenvalue weighted by Crippen LogP contribution is -2.45. The van der Waals surface area contributed by atoms with Crippen molar-refractivity contribution in [1.29, 1.82) is 0 Å². The van der Waals surface area contributed by atoms with Crippen LogP contribution in [0.3, 0.4) is 0 Å². The van der Waals surface area contributed by atoms with E-state index in [9.17, 15) is 4.79 Å². The van der Waals surface area contributed by atoms with Crippen LogP contribution < -0.4 is 5.32 Å². The van der Waals surface area contributed by atoms with Crippen molar-refractivity contribution < 1.29 is 9.90 Å². The highest BCUT2D eigenvalue weighted by Crippen LogP contribution is 2.27. The second-order valence-corrected chi connectivity index (χ2v) is 5.52. The van der Waals surface area contributed by atoms with Crippen LogP contribution in [0.15, 0.2) is 0 Å². The van der Waals surface area contributed by atoms with Gasteiger partial charge in [-0.15, -0.1) is 0 Å². The Balaban J connectivity index is 2.43. The quantitative estimate of drug-likeness (QED) is 0.733. The number of carboxylic acid groups (broad SMARTS) is 1. The fraction of sp³-hybridized carbons (Fsp3) is 0.923. The molecule has 0 aromatic rings. The van der Waals surface area contributed by atoms with E-state index in [1.54, 1.807) is 0 Å². The van der Waals surface area contributed by atoms with E-state index in [2.05, 4.69) is 26.1 Å². The molecule has 2 N–H and O–H groups in total. The zero-order valence-corrected chi connectivity index (χ0v) is 10.7. The SMILES string of the molecule is CC(C)CC(NC(C)C1CCCC1)C(=O)O. The normalized spacial score (nSPS) is 21.2. The van der Waals surface area contributed by atoms with Crippen LogP contribution in [0.4, 0.5) is 0 Å².